The van der Waals surface area contributed by atoms with Gasteiger partial charge in [-0.05, 0) is 43.9 Å². The first kappa shape index (κ1) is 11.5. The average molecular weight is 242 g/mol. The number of nitrogens with two attached hydrogens (primary N) is 1. The number of pyridine rings is 1. The predicted molar refractivity (Wildman–Crippen MR) is 72.4 cm³/mol. The van der Waals surface area contributed by atoms with E-state index < -0.39 is 5.54 Å². The Balaban J connectivity index is 2.34. The van der Waals surface area contributed by atoms with Crippen molar-refractivity contribution < 1.29 is 0 Å². The Morgan fingerprint density at radius 2 is 2.28 bits per heavy atom. The molecule has 0 radical (unpaired) electrons. The van der Waals surface area contributed by atoms with E-state index in [0.29, 0.717) is 0 Å². The summed E-state index contributed by atoms with van der Waals surface area (Å²) in [5.41, 5.74) is 10.9. The molecule has 1 heterocycles. The maximum atomic E-state index is 11.5. The molecular formula is C15H18N2O. The number of aromatic amines is 1. The van der Waals surface area contributed by atoms with Crippen LogP contribution >= 0.6 is 0 Å². The minimum atomic E-state index is -0.443. The molecule has 3 heteroatoms. The largest absolute Gasteiger partial charge is 0.325 e. The number of nitrogens with one attached hydrogen (secondary N) is 1. The van der Waals surface area contributed by atoms with Crippen LogP contribution in [0.4, 0.5) is 0 Å². The molecule has 1 aromatic heterocycles. The quantitative estimate of drug-likeness (QED) is 0.686. The van der Waals surface area contributed by atoms with Gasteiger partial charge in [0.15, 0.2) is 0 Å². The van der Waals surface area contributed by atoms with Gasteiger partial charge in [0.05, 0.1) is 5.54 Å². The van der Waals surface area contributed by atoms with Crippen LogP contribution in [0.3, 0.4) is 0 Å². The van der Waals surface area contributed by atoms with Crippen LogP contribution in [0.1, 0.15) is 43.9 Å². The molecule has 0 saturated carbocycles. The lowest BCUT2D eigenvalue weighted by atomic mass is 9.71. The van der Waals surface area contributed by atoms with Crippen LogP contribution in [0.2, 0.25) is 0 Å². The molecule has 3 N–H and O–H groups in total. The maximum absolute atomic E-state index is 11.5. The number of rotatable bonds is 0. The zero-order chi connectivity index (χ0) is 12.9. The van der Waals surface area contributed by atoms with Crippen LogP contribution in [-0.2, 0) is 5.54 Å². The Hall–Kier alpha value is -1.61. The molecule has 0 spiro atoms. The highest BCUT2D eigenvalue weighted by Crippen LogP contribution is 2.49. The van der Waals surface area contributed by atoms with E-state index in [1.165, 1.54) is 11.1 Å². The molecule has 3 aliphatic rings. The second kappa shape index (κ2) is 3.69. The number of aromatic nitrogens is 1. The highest BCUT2D eigenvalue weighted by atomic mass is 16.1. The lowest BCUT2D eigenvalue weighted by molar-refractivity contribution is 0.472. The Labute approximate surface area is 106 Å². The summed E-state index contributed by atoms with van der Waals surface area (Å²) in [5.74, 6) is 0.263. The van der Waals surface area contributed by atoms with Crippen molar-refractivity contribution in [3.8, 4) is 0 Å². The maximum Gasteiger partial charge on any atom is 0.248 e. The molecule has 0 aliphatic heterocycles. The zero-order valence-electron chi connectivity index (χ0n) is 10.8. The van der Waals surface area contributed by atoms with E-state index in [1.54, 1.807) is 6.07 Å². The molecule has 4 rings (SSSR count). The Morgan fingerprint density at radius 3 is 3.00 bits per heavy atom. The predicted octanol–water partition coefficient (Wildman–Crippen LogP) is 2.31. The molecule has 1 unspecified atom stereocenters. The first-order valence-electron chi connectivity index (χ1n) is 6.40. The van der Waals surface area contributed by atoms with Gasteiger partial charge in [0.2, 0.25) is 5.56 Å². The van der Waals surface area contributed by atoms with E-state index in [1.807, 2.05) is 13.0 Å². The van der Waals surface area contributed by atoms with Crippen molar-refractivity contribution in [2.45, 2.75) is 38.1 Å². The first-order valence-corrected chi connectivity index (χ1v) is 6.40. The molecule has 0 saturated heterocycles. The second-order valence-electron chi connectivity index (χ2n) is 5.44. The summed E-state index contributed by atoms with van der Waals surface area (Å²) < 4.78 is 0. The Kier molecular flexibility index (Phi) is 2.35. The number of fused-ring (bicyclic) bond motifs is 2. The van der Waals surface area contributed by atoms with Gasteiger partial charge in [-0.1, -0.05) is 17.7 Å². The van der Waals surface area contributed by atoms with Crippen LogP contribution in [0.25, 0.3) is 0 Å². The third kappa shape index (κ3) is 1.44. The van der Waals surface area contributed by atoms with Crippen molar-refractivity contribution in [3.05, 3.63) is 57.0 Å². The molecule has 0 fully saturated rings. The average Bonchev–Trinajstić information content (AvgIpc) is 2.51. The number of hydrogen-bond donors (Lipinski definition) is 2. The lowest BCUT2D eigenvalue weighted by Gasteiger charge is -2.38. The van der Waals surface area contributed by atoms with Gasteiger partial charge in [-0.25, -0.2) is 0 Å². The van der Waals surface area contributed by atoms with Gasteiger partial charge in [-0.15, -0.1) is 0 Å². The van der Waals surface area contributed by atoms with Crippen molar-refractivity contribution >= 4 is 0 Å². The van der Waals surface area contributed by atoms with E-state index in [9.17, 15) is 4.79 Å². The van der Waals surface area contributed by atoms with Gasteiger partial charge in [0.25, 0.3) is 0 Å². The van der Waals surface area contributed by atoms with Gasteiger partial charge in [0, 0.05) is 17.7 Å². The highest BCUT2D eigenvalue weighted by molar-refractivity contribution is 5.49. The summed E-state index contributed by atoms with van der Waals surface area (Å²) in [5, 5.41) is 0. The zero-order valence-corrected chi connectivity index (χ0v) is 10.8. The molecule has 1 aromatic rings. The second-order valence-corrected chi connectivity index (χ2v) is 5.44. The SMILES string of the molecule is C/C=C1\CC2C=C(C)C[C@]1(N)c1ccc(=O)[nH]c12. The molecule has 3 aliphatic carbocycles. The van der Waals surface area contributed by atoms with Crippen LogP contribution in [0.15, 0.2) is 40.2 Å². The van der Waals surface area contributed by atoms with Crippen molar-refractivity contribution in [1.82, 2.24) is 4.98 Å². The minimum Gasteiger partial charge on any atom is -0.325 e. The van der Waals surface area contributed by atoms with E-state index in [4.69, 9.17) is 5.73 Å². The summed E-state index contributed by atoms with van der Waals surface area (Å²) in [6, 6.07) is 3.48. The van der Waals surface area contributed by atoms with E-state index in [-0.39, 0.29) is 11.5 Å². The molecule has 94 valence electrons. The first-order chi connectivity index (χ1) is 8.54. The molecule has 3 nitrogen and oxygen atoms in total. The van der Waals surface area contributed by atoms with Gasteiger partial charge in [-0.2, -0.15) is 0 Å². The summed E-state index contributed by atoms with van der Waals surface area (Å²) >= 11 is 0. The standard InChI is InChI=1S/C15H18N2O/c1-3-11-7-10-6-9(2)8-15(11,16)12-4-5-13(18)17-14(10)12/h3-6,10H,7-8,16H2,1-2H3,(H,17,18)/b11-3+/t10?,15-/m1/s1. The fourth-order valence-electron chi connectivity index (χ4n) is 3.43. The van der Waals surface area contributed by atoms with E-state index in [2.05, 4.69) is 24.1 Å². The fraction of sp³-hybridized carbons (Fsp3) is 0.400. The van der Waals surface area contributed by atoms with Gasteiger partial charge in [0.1, 0.15) is 0 Å². The number of hydrogen-bond acceptors (Lipinski definition) is 2. The Bertz CT molecular complexity index is 624. The topological polar surface area (TPSA) is 58.9 Å². The number of H-pyrrole nitrogens is 1. The fourth-order valence-corrected chi connectivity index (χ4v) is 3.43. The summed E-state index contributed by atoms with van der Waals surface area (Å²) in [6.45, 7) is 4.17. The highest BCUT2D eigenvalue weighted by Gasteiger charge is 2.42. The van der Waals surface area contributed by atoms with Crippen molar-refractivity contribution in [3.63, 3.8) is 0 Å². The van der Waals surface area contributed by atoms with Crippen LogP contribution < -0.4 is 11.3 Å². The van der Waals surface area contributed by atoms with Gasteiger partial charge in [-0.3, -0.25) is 4.79 Å². The third-order valence-corrected chi connectivity index (χ3v) is 4.21. The van der Waals surface area contributed by atoms with Crippen molar-refractivity contribution in [2.75, 3.05) is 0 Å². The molecule has 0 amide bonds. The van der Waals surface area contributed by atoms with Crippen molar-refractivity contribution in [2.24, 2.45) is 5.73 Å². The van der Waals surface area contributed by atoms with Gasteiger partial charge < -0.3 is 10.7 Å². The summed E-state index contributed by atoms with van der Waals surface area (Å²) in [6.07, 6.45) is 6.13. The molecule has 2 bridgehead atoms. The summed E-state index contributed by atoms with van der Waals surface area (Å²) in [4.78, 5) is 14.5. The smallest absolute Gasteiger partial charge is 0.248 e. The molecule has 0 aromatic carbocycles. The minimum absolute atomic E-state index is 0.0435. The normalized spacial score (nSPS) is 32.1. The van der Waals surface area contributed by atoms with E-state index >= 15 is 0 Å². The monoisotopic (exact) mass is 242 g/mol. The third-order valence-electron chi connectivity index (χ3n) is 4.21. The molecular weight excluding hydrogens is 224 g/mol. The van der Waals surface area contributed by atoms with Crippen LogP contribution in [0.5, 0.6) is 0 Å². The molecule has 18 heavy (non-hydrogen) atoms. The van der Waals surface area contributed by atoms with Crippen LogP contribution in [0, 0.1) is 0 Å². The van der Waals surface area contributed by atoms with Crippen LogP contribution in [-0.4, -0.2) is 4.98 Å². The molecule has 2 atom stereocenters. The van der Waals surface area contributed by atoms with E-state index in [0.717, 1.165) is 24.1 Å². The summed E-state index contributed by atoms with van der Waals surface area (Å²) in [7, 11) is 0. The van der Waals surface area contributed by atoms with Gasteiger partial charge >= 0.3 is 0 Å². The van der Waals surface area contributed by atoms with Crippen molar-refractivity contribution in [1.29, 1.82) is 0 Å². The lowest BCUT2D eigenvalue weighted by Crippen LogP contribution is -2.42. The number of allylic oxidation sites excluding steroid dienone is 2. The Morgan fingerprint density at radius 1 is 1.50 bits per heavy atom.